The summed E-state index contributed by atoms with van der Waals surface area (Å²) in [5.41, 5.74) is -0.678. The summed E-state index contributed by atoms with van der Waals surface area (Å²) >= 11 is 1.77. The van der Waals surface area contributed by atoms with Gasteiger partial charge < -0.3 is 10.2 Å². The van der Waals surface area contributed by atoms with Crippen molar-refractivity contribution in [1.82, 2.24) is 10.2 Å². The van der Waals surface area contributed by atoms with Crippen molar-refractivity contribution in [3.05, 3.63) is 0 Å². The van der Waals surface area contributed by atoms with E-state index in [2.05, 4.69) is 11.6 Å². The molecule has 0 radical (unpaired) electrons. The van der Waals surface area contributed by atoms with Gasteiger partial charge in [-0.25, -0.2) is 0 Å². The maximum absolute atomic E-state index is 12.7. The minimum atomic E-state index is -0.678. The normalized spacial score (nSPS) is 22.5. The average molecular weight is 286 g/mol. The molecule has 0 spiro atoms. The van der Waals surface area contributed by atoms with Gasteiger partial charge in [0, 0.05) is 6.54 Å². The van der Waals surface area contributed by atoms with E-state index in [0.717, 1.165) is 12.2 Å². The van der Waals surface area contributed by atoms with E-state index >= 15 is 0 Å². The van der Waals surface area contributed by atoms with Crippen molar-refractivity contribution in [2.24, 2.45) is 0 Å². The molecule has 1 aliphatic rings. The summed E-state index contributed by atoms with van der Waals surface area (Å²) < 4.78 is 0. The molecule has 19 heavy (non-hydrogen) atoms. The fraction of sp³-hybridized carbons (Fsp3) is 0.857. The van der Waals surface area contributed by atoms with Crippen LogP contribution in [0.5, 0.6) is 0 Å². The standard InChI is InChI=1S/C14H26N2O2S/c1-5-11-12(17)15-14(6-2,7-3)13(18)16(11)9-8-10-19-4/h11H,5-10H2,1-4H3,(H,15,17). The van der Waals surface area contributed by atoms with Gasteiger partial charge in [-0.05, 0) is 37.7 Å². The highest BCUT2D eigenvalue weighted by molar-refractivity contribution is 7.98. The van der Waals surface area contributed by atoms with Crippen LogP contribution < -0.4 is 5.32 Å². The molecule has 1 heterocycles. The predicted molar refractivity (Wildman–Crippen MR) is 80.2 cm³/mol. The molecule has 0 aromatic carbocycles. The minimum absolute atomic E-state index is 0.00921. The predicted octanol–water partition coefficient (Wildman–Crippen LogP) is 2.04. The monoisotopic (exact) mass is 286 g/mol. The van der Waals surface area contributed by atoms with Crippen LogP contribution in [0.3, 0.4) is 0 Å². The molecule has 0 bridgehead atoms. The summed E-state index contributed by atoms with van der Waals surface area (Å²) in [5, 5.41) is 2.97. The summed E-state index contributed by atoms with van der Waals surface area (Å²) in [6.45, 7) is 6.58. The molecule has 1 N–H and O–H groups in total. The average Bonchev–Trinajstić information content (AvgIpc) is 2.42. The molecule has 2 amide bonds. The number of piperazine rings is 1. The van der Waals surface area contributed by atoms with Gasteiger partial charge >= 0.3 is 0 Å². The molecule has 4 nitrogen and oxygen atoms in total. The molecule has 110 valence electrons. The summed E-state index contributed by atoms with van der Waals surface area (Å²) in [7, 11) is 0. The highest BCUT2D eigenvalue weighted by Crippen LogP contribution is 2.26. The van der Waals surface area contributed by atoms with Crippen LogP contribution in [0.2, 0.25) is 0 Å². The lowest BCUT2D eigenvalue weighted by atomic mass is 9.86. The van der Waals surface area contributed by atoms with Crippen molar-refractivity contribution < 1.29 is 9.59 Å². The molecule has 1 atom stereocenters. The Labute approximate surface area is 120 Å². The summed E-state index contributed by atoms with van der Waals surface area (Å²) in [6, 6.07) is -0.291. The molecule has 0 aromatic heterocycles. The van der Waals surface area contributed by atoms with Gasteiger partial charge in [0.2, 0.25) is 11.8 Å². The van der Waals surface area contributed by atoms with Crippen molar-refractivity contribution in [3.63, 3.8) is 0 Å². The van der Waals surface area contributed by atoms with Gasteiger partial charge in [-0.2, -0.15) is 11.8 Å². The Morgan fingerprint density at radius 1 is 1.26 bits per heavy atom. The number of thioether (sulfide) groups is 1. The van der Waals surface area contributed by atoms with Crippen LogP contribution in [-0.2, 0) is 9.59 Å². The van der Waals surface area contributed by atoms with Crippen LogP contribution in [0.15, 0.2) is 0 Å². The van der Waals surface area contributed by atoms with Crippen LogP contribution >= 0.6 is 11.8 Å². The third kappa shape index (κ3) is 3.25. The number of nitrogens with zero attached hydrogens (tertiary/aromatic N) is 1. The second-order valence-corrected chi connectivity index (χ2v) is 6.03. The molecule has 1 aliphatic heterocycles. The topological polar surface area (TPSA) is 49.4 Å². The molecule has 1 unspecified atom stereocenters. The summed E-state index contributed by atoms with van der Waals surface area (Å²) in [4.78, 5) is 26.8. The highest BCUT2D eigenvalue weighted by Gasteiger charge is 2.47. The van der Waals surface area contributed by atoms with Crippen LogP contribution in [0, 0.1) is 0 Å². The Morgan fingerprint density at radius 2 is 1.89 bits per heavy atom. The van der Waals surface area contributed by atoms with Gasteiger partial charge in [0.15, 0.2) is 0 Å². The van der Waals surface area contributed by atoms with Gasteiger partial charge in [-0.3, -0.25) is 9.59 Å². The summed E-state index contributed by atoms with van der Waals surface area (Å²) in [5.74, 6) is 1.13. The van der Waals surface area contributed by atoms with E-state index in [-0.39, 0.29) is 17.9 Å². The quantitative estimate of drug-likeness (QED) is 0.729. The van der Waals surface area contributed by atoms with Gasteiger partial charge in [-0.1, -0.05) is 20.8 Å². The van der Waals surface area contributed by atoms with E-state index in [9.17, 15) is 9.59 Å². The van der Waals surface area contributed by atoms with Gasteiger partial charge in [0.05, 0.1) is 0 Å². The Kier molecular flexibility index (Phi) is 6.17. The second-order valence-electron chi connectivity index (χ2n) is 5.05. The van der Waals surface area contributed by atoms with E-state index in [1.165, 1.54) is 0 Å². The molecule has 0 aromatic rings. The van der Waals surface area contributed by atoms with E-state index < -0.39 is 5.54 Å². The SMILES string of the molecule is CCC1C(=O)NC(CC)(CC)C(=O)N1CCCSC. The maximum Gasteiger partial charge on any atom is 0.248 e. The lowest BCUT2D eigenvalue weighted by Gasteiger charge is -2.45. The lowest BCUT2D eigenvalue weighted by Crippen LogP contribution is -2.70. The number of amides is 2. The number of hydrogen-bond acceptors (Lipinski definition) is 3. The third-order valence-corrected chi connectivity index (χ3v) is 4.75. The Bertz CT molecular complexity index is 329. The molecule has 0 aliphatic carbocycles. The van der Waals surface area contributed by atoms with Crippen molar-refractivity contribution >= 4 is 23.6 Å². The van der Waals surface area contributed by atoms with E-state index in [1.54, 1.807) is 11.8 Å². The summed E-state index contributed by atoms with van der Waals surface area (Å²) in [6.07, 6.45) is 5.00. The Hall–Kier alpha value is -0.710. The fourth-order valence-corrected chi connectivity index (χ4v) is 3.12. The van der Waals surface area contributed by atoms with Crippen molar-refractivity contribution in [1.29, 1.82) is 0 Å². The van der Waals surface area contributed by atoms with E-state index in [0.29, 0.717) is 25.8 Å². The van der Waals surface area contributed by atoms with Crippen molar-refractivity contribution in [3.8, 4) is 0 Å². The minimum Gasteiger partial charge on any atom is -0.340 e. The van der Waals surface area contributed by atoms with E-state index in [4.69, 9.17) is 0 Å². The zero-order valence-corrected chi connectivity index (χ0v) is 13.3. The fourth-order valence-electron chi connectivity index (χ4n) is 2.70. The van der Waals surface area contributed by atoms with Gasteiger partial charge in [-0.15, -0.1) is 0 Å². The number of carbonyl (C=O) groups excluding carboxylic acids is 2. The van der Waals surface area contributed by atoms with Crippen LogP contribution in [0.25, 0.3) is 0 Å². The number of hydrogen-bond donors (Lipinski definition) is 1. The third-order valence-electron chi connectivity index (χ3n) is 4.05. The smallest absolute Gasteiger partial charge is 0.248 e. The maximum atomic E-state index is 12.7. The van der Waals surface area contributed by atoms with Gasteiger partial charge in [0.25, 0.3) is 0 Å². The first kappa shape index (κ1) is 16.3. The Balaban J connectivity index is 2.92. The zero-order chi connectivity index (χ0) is 14.5. The highest BCUT2D eigenvalue weighted by atomic mass is 32.2. The van der Waals surface area contributed by atoms with Crippen molar-refractivity contribution in [2.45, 2.75) is 58.0 Å². The molecule has 0 saturated carbocycles. The molecular formula is C14H26N2O2S. The largest absolute Gasteiger partial charge is 0.340 e. The van der Waals surface area contributed by atoms with Crippen LogP contribution in [0.4, 0.5) is 0 Å². The first-order valence-electron chi connectivity index (χ1n) is 7.18. The molecule has 1 rings (SSSR count). The van der Waals surface area contributed by atoms with Gasteiger partial charge in [0.1, 0.15) is 11.6 Å². The molecular weight excluding hydrogens is 260 g/mol. The number of carbonyl (C=O) groups is 2. The first-order chi connectivity index (χ1) is 9.06. The van der Waals surface area contributed by atoms with Crippen molar-refractivity contribution in [2.75, 3.05) is 18.6 Å². The zero-order valence-electron chi connectivity index (χ0n) is 12.5. The molecule has 1 fully saturated rings. The number of nitrogens with one attached hydrogen (secondary N) is 1. The molecule has 5 heteroatoms. The Morgan fingerprint density at radius 3 is 2.37 bits per heavy atom. The number of rotatable bonds is 7. The second kappa shape index (κ2) is 7.17. The van der Waals surface area contributed by atoms with Crippen LogP contribution in [0.1, 0.15) is 46.5 Å². The lowest BCUT2D eigenvalue weighted by molar-refractivity contribution is -0.155. The van der Waals surface area contributed by atoms with Crippen LogP contribution in [-0.4, -0.2) is 46.8 Å². The van der Waals surface area contributed by atoms with E-state index in [1.807, 2.05) is 25.7 Å². The molecule has 1 saturated heterocycles. The first-order valence-corrected chi connectivity index (χ1v) is 8.57.